The van der Waals surface area contributed by atoms with Crippen LogP contribution in [0.1, 0.15) is 16.8 Å². The Bertz CT molecular complexity index is 657. The Morgan fingerprint density at radius 3 is 2.60 bits per heavy atom. The number of carbonyl (C=O) groups is 3. The van der Waals surface area contributed by atoms with Crippen molar-refractivity contribution < 1.29 is 19.1 Å². The van der Waals surface area contributed by atoms with Crippen LogP contribution < -0.4 is 27.8 Å². The lowest BCUT2D eigenvalue weighted by atomic mass is 10.2. The molecule has 10 nitrogen and oxygen atoms in total. The average molecular weight is 350 g/mol. The SMILES string of the molecule is COC(=O)CC(CN)NC(=O)CNC(=O)c1cccc(N=C(N)N)c1. The van der Waals surface area contributed by atoms with E-state index in [0.717, 1.165) is 0 Å². The number of nitrogens with two attached hydrogens (primary N) is 3. The summed E-state index contributed by atoms with van der Waals surface area (Å²) in [6, 6.07) is 5.70. The van der Waals surface area contributed by atoms with Crippen LogP contribution in [0.25, 0.3) is 0 Å². The number of amides is 2. The number of carbonyl (C=O) groups excluding carboxylic acids is 3. The number of rotatable bonds is 8. The molecule has 0 bridgehead atoms. The third kappa shape index (κ3) is 7.31. The van der Waals surface area contributed by atoms with Gasteiger partial charge < -0.3 is 32.6 Å². The minimum absolute atomic E-state index is 0.0484. The molecule has 2 amide bonds. The molecule has 136 valence electrons. The molecule has 0 aliphatic carbocycles. The largest absolute Gasteiger partial charge is 0.469 e. The van der Waals surface area contributed by atoms with Crippen molar-refractivity contribution >= 4 is 29.4 Å². The first-order valence-corrected chi connectivity index (χ1v) is 7.39. The monoisotopic (exact) mass is 350 g/mol. The Morgan fingerprint density at radius 1 is 1.28 bits per heavy atom. The van der Waals surface area contributed by atoms with E-state index in [1.165, 1.54) is 13.2 Å². The Labute approximate surface area is 144 Å². The minimum Gasteiger partial charge on any atom is -0.469 e. The summed E-state index contributed by atoms with van der Waals surface area (Å²) in [5.74, 6) is -1.57. The van der Waals surface area contributed by atoms with Gasteiger partial charge in [0.05, 0.1) is 31.8 Å². The Kier molecular flexibility index (Phi) is 7.87. The quantitative estimate of drug-likeness (QED) is 0.211. The van der Waals surface area contributed by atoms with Crippen LogP contribution >= 0.6 is 0 Å². The summed E-state index contributed by atoms with van der Waals surface area (Å²) in [5.41, 5.74) is 16.8. The van der Waals surface area contributed by atoms with Crippen LogP contribution in [0.4, 0.5) is 5.69 Å². The van der Waals surface area contributed by atoms with Gasteiger partial charge >= 0.3 is 5.97 Å². The zero-order valence-electron chi connectivity index (χ0n) is 13.8. The van der Waals surface area contributed by atoms with Gasteiger partial charge in [-0.2, -0.15) is 0 Å². The van der Waals surface area contributed by atoms with Crippen molar-refractivity contribution in [2.45, 2.75) is 12.5 Å². The molecular formula is C15H22N6O4. The molecule has 0 spiro atoms. The summed E-state index contributed by atoms with van der Waals surface area (Å²) in [5, 5.41) is 5.00. The molecule has 1 unspecified atom stereocenters. The molecule has 0 fully saturated rings. The van der Waals surface area contributed by atoms with Crippen LogP contribution in [-0.2, 0) is 14.3 Å². The first-order valence-electron chi connectivity index (χ1n) is 7.39. The molecule has 0 saturated carbocycles. The van der Waals surface area contributed by atoms with E-state index in [9.17, 15) is 14.4 Å². The van der Waals surface area contributed by atoms with Crippen molar-refractivity contribution in [1.82, 2.24) is 10.6 Å². The summed E-state index contributed by atoms with van der Waals surface area (Å²) in [7, 11) is 1.24. The molecule has 0 heterocycles. The molecule has 10 heteroatoms. The topological polar surface area (TPSA) is 175 Å². The molecular weight excluding hydrogens is 328 g/mol. The number of nitrogens with one attached hydrogen (secondary N) is 2. The number of aliphatic imine (C=N–C) groups is 1. The number of methoxy groups -OCH3 is 1. The number of hydrogen-bond donors (Lipinski definition) is 5. The van der Waals surface area contributed by atoms with Crippen molar-refractivity contribution in [3.05, 3.63) is 29.8 Å². The van der Waals surface area contributed by atoms with Gasteiger partial charge in [-0.25, -0.2) is 4.99 Å². The Hall–Kier alpha value is -3.14. The summed E-state index contributed by atoms with van der Waals surface area (Å²) < 4.78 is 4.51. The summed E-state index contributed by atoms with van der Waals surface area (Å²) >= 11 is 0. The second kappa shape index (κ2) is 9.88. The molecule has 0 aliphatic heterocycles. The lowest BCUT2D eigenvalue weighted by Crippen LogP contribution is -2.46. The van der Waals surface area contributed by atoms with E-state index in [1.807, 2.05) is 0 Å². The van der Waals surface area contributed by atoms with Gasteiger partial charge in [-0.1, -0.05) is 6.07 Å². The molecule has 0 aromatic heterocycles. The van der Waals surface area contributed by atoms with E-state index in [4.69, 9.17) is 17.2 Å². The van der Waals surface area contributed by atoms with E-state index in [2.05, 4.69) is 20.4 Å². The molecule has 0 saturated heterocycles. The summed E-state index contributed by atoms with van der Waals surface area (Å²) in [6.07, 6.45) is -0.0484. The Morgan fingerprint density at radius 2 is 2.00 bits per heavy atom. The predicted molar refractivity (Wildman–Crippen MR) is 91.9 cm³/mol. The van der Waals surface area contributed by atoms with Gasteiger partial charge in [0.1, 0.15) is 0 Å². The van der Waals surface area contributed by atoms with Crippen LogP contribution in [0.5, 0.6) is 0 Å². The molecule has 0 radical (unpaired) electrons. The maximum atomic E-state index is 12.1. The van der Waals surface area contributed by atoms with Crippen LogP contribution in [0.2, 0.25) is 0 Å². The maximum Gasteiger partial charge on any atom is 0.307 e. The van der Waals surface area contributed by atoms with E-state index in [0.29, 0.717) is 11.3 Å². The second-order valence-corrected chi connectivity index (χ2v) is 5.05. The number of ether oxygens (including phenoxy) is 1. The number of hydrogen-bond acceptors (Lipinski definition) is 6. The molecule has 1 rings (SSSR count). The standard InChI is InChI=1S/C15H22N6O4/c1-25-13(23)6-11(7-16)20-12(22)8-19-14(24)9-3-2-4-10(5-9)21-15(17)18/h2-5,11H,6-8,16H2,1H3,(H,19,24)(H,20,22)(H4,17,18,21). The number of benzene rings is 1. The number of guanidine groups is 1. The zero-order valence-corrected chi connectivity index (χ0v) is 13.8. The fourth-order valence-electron chi connectivity index (χ4n) is 1.88. The van der Waals surface area contributed by atoms with Gasteiger partial charge in [-0.3, -0.25) is 14.4 Å². The van der Waals surface area contributed by atoms with Gasteiger partial charge in [0.2, 0.25) is 5.91 Å². The maximum absolute atomic E-state index is 12.1. The van der Waals surface area contributed by atoms with Crippen molar-refractivity contribution in [2.75, 3.05) is 20.2 Å². The normalized spacial score (nSPS) is 11.1. The third-order valence-corrected chi connectivity index (χ3v) is 3.07. The van der Waals surface area contributed by atoms with Gasteiger partial charge in [-0.05, 0) is 18.2 Å². The van der Waals surface area contributed by atoms with Crippen LogP contribution in [-0.4, -0.2) is 50.0 Å². The van der Waals surface area contributed by atoms with Gasteiger partial charge in [-0.15, -0.1) is 0 Å². The number of esters is 1. The zero-order chi connectivity index (χ0) is 18.8. The van der Waals surface area contributed by atoms with Crippen molar-refractivity contribution in [3.8, 4) is 0 Å². The van der Waals surface area contributed by atoms with Crippen LogP contribution in [0.15, 0.2) is 29.3 Å². The highest BCUT2D eigenvalue weighted by Gasteiger charge is 2.16. The lowest BCUT2D eigenvalue weighted by molar-refractivity contribution is -0.141. The van der Waals surface area contributed by atoms with E-state index >= 15 is 0 Å². The average Bonchev–Trinajstić information content (AvgIpc) is 2.58. The molecule has 0 aliphatic rings. The third-order valence-electron chi connectivity index (χ3n) is 3.07. The molecule has 25 heavy (non-hydrogen) atoms. The molecule has 8 N–H and O–H groups in total. The summed E-state index contributed by atoms with van der Waals surface area (Å²) in [6.45, 7) is -0.210. The van der Waals surface area contributed by atoms with Crippen LogP contribution in [0, 0.1) is 0 Å². The van der Waals surface area contributed by atoms with Gasteiger partial charge in [0, 0.05) is 12.1 Å². The van der Waals surface area contributed by atoms with Crippen molar-refractivity contribution in [1.29, 1.82) is 0 Å². The fraction of sp³-hybridized carbons (Fsp3) is 0.333. The number of nitrogens with zero attached hydrogens (tertiary/aromatic N) is 1. The minimum atomic E-state index is -0.568. The first-order chi connectivity index (χ1) is 11.8. The predicted octanol–water partition coefficient (Wildman–Crippen LogP) is -1.67. The smallest absolute Gasteiger partial charge is 0.307 e. The molecule has 1 atom stereocenters. The first kappa shape index (κ1) is 19.9. The van der Waals surface area contributed by atoms with Crippen molar-refractivity contribution in [3.63, 3.8) is 0 Å². The van der Waals surface area contributed by atoms with Gasteiger partial charge in [0.25, 0.3) is 5.91 Å². The Balaban J connectivity index is 2.56. The fourth-order valence-corrected chi connectivity index (χ4v) is 1.88. The van der Waals surface area contributed by atoms with E-state index in [-0.39, 0.29) is 25.5 Å². The highest BCUT2D eigenvalue weighted by molar-refractivity contribution is 5.97. The molecule has 1 aromatic carbocycles. The van der Waals surface area contributed by atoms with Gasteiger partial charge in [0.15, 0.2) is 5.96 Å². The second-order valence-electron chi connectivity index (χ2n) is 5.05. The molecule has 1 aromatic rings. The van der Waals surface area contributed by atoms with E-state index < -0.39 is 23.8 Å². The van der Waals surface area contributed by atoms with E-state index in [1.54, 1.807) is 18.2 Å². The van der Waals surface area contributed by atoms with Crippen molar-refractivity contribution in [2.24, 2.45) is 22.2 Å². The van der Waals surface area contributed by atoms with Crippen LogP contribution in [0.3, 0.4) is 0 Å². The highest BCUT2D eigenvalue weighted by atomic mass is 16.5. The lowest BCUT2D eigenvalue weighted by Gasteiger charge is -2.15. The highest BCUT2D eigenvalue weighted by Crippen LogP contribution is 2.13. The summed E-state index contributed by atoms with van der Waals surface area (Å²) in [4.78, 5) is 38.9.